The van der Waals surface area contributed by atoms with Crippen LogP contribution in [0.4, 0.5) is 5.69 Å². The maximum Gasteiger partial charge on any atom is 0.270 e. The third-order valence-electron chi connectivity index (χ3n) is 4.13. The number of thiocarbonyl (C=S) groups is 1. The molecule has 6 nitrogen and oxygen atoms in total. The van der Waals surface area contributed by atoms with Gasteiger partial charge < -0.3 is 18.9 Å². The first-order chi connectivity index (χ1) is 13.1. The Labute approximate surface area is 165 Å². The SMILES string of the molecule is COc1ccc(OC)c(/C=C2/SC(=S)N(c3ccc4c(c3)OCO4)C2=O)c1. The summed E-state index contributed by atoms with van der Waals surface area (Å²) in [6, 6.07) is 10.7. The van der Waals surface area contributed by atoms with Crippen molar-refractivity contribution in [1.82, 2.24) is 0 Å². The number of nitrogens with zero attached hydrogens (tertiary/aromatic N) is 1. The molecule has 0 aliphatic carbocycles. The van der Waals surface area contributed by atoms with Crippen molar-refractivity contribution >= 4 is 46.0 Å². The van der Waals surface area contributed by atoms with Crippen molar-refractivity contribution in [3.8, 4) is 23.0 Å². The topological polar surface area (TPSA) is 57.2 Å². The second kappa shape index (κ2) is 7.13. The molecule has 8 heteroatoms. The van der Waals surface area contributed by atoms with Crippen molar-refractivity contribution in [3.63, 3.8) is 0 Å². The molecule has 27 heavy (non-hydrogen) atoms. The van der Waals surface area contributed by atoms with Gasteiger partial charge in [-0.1, -0.05) is 24.0 Å². The van der Waals surface area contributed by atoms with E-state index in [0.717, 1.165) is 5.56 Å². The Morgan fingerprint density at radius 3 is 2.70 bits per heavy atom. The maximum absolute atomic E-state index is 13.0. The first-order valence-electron chi connectivity index (χ1n) is 8.00. The van der Waals surface area contributed by atoms with Crippen molar-refractivity contribution in [2.24, 2.45) is 0 Å². The van der Waals surface area contributed by atoms with Gasteiger partial charge >= 0.3 is 0 Å². The monoisotopic (exact) mass is 401 g/mol. The van der Waals surface area contributed by atoms with Gasteiger partial charge in [0.05, 0.1) is 24.8 Å². The van der Waals surface area contributed by atoms with Crippen LogP contribution in [-0.4, -0.2) is 31.2 Å². The number of rotatable bonds is 4. The summed E-state index contributed by atoms with van der Waals surface area (Å²) < 4.78 is 21.8. The molecular formula is C19H15NO5S2. The summed E-state index contributed by atoms with van der Waals surface area (Å²) >= 11 is 6.67. The lowest BCUT2D eigenvalue weighted by Gasteiger charge is -2.14. The van der Waals surface area contributed by atoms with Crippen molar-refractivity contribution < 1.29 is 23.7 Å². The molecule has 0 atom stereocenters. The molecule has 0 spiro atoms. The number of amides is 1. The number of carbonyl (C=O) groups excluding carboxylic acids is 1. The first-order valence-corrected chi connectivity index (χ1v) is 9.23. The van der Waals surface area contributed by atoms with E-state index in [-0.39, 0.29) is 12.7 Å². The summed E-state index contributed by atoms with van der Waals surface area (Å²) in [5.74, 6) is 2.37. The zero-order chi connectivity index (χ0) is 19.0. The molecule has 2 aromatic rings. The number of hydrogen-bond acceptors (Lipinski definition) is 7. The molecule has 0 aromatic heterocycles. The molecule has 2 aliphatic heterocycles. The first kappa shape index (κ1) is 17.7. The summed E-state index contributed by atoms with van der Waals surface area (Å²) in [6.45, 7) is 0.173. The highest BCUT2D eigenvalue weighted by Crippen LogP contribution is 2.41. The Morgan fingerprint density at radius 2 is 1.93 bits per heavy atom. The molecule has 0 unspecified atom stereocenters. The number of benzene rings is 2. The van der Waals surface area contributed by atoms with Crippen LogP contribution in [0.15, 0.2) is 41.3 Å². The maximum atomic E-state index is 13.0. The lowest BCUT2D eigenvalue weighted by molar-refractivity contribution is -0.113. The number of hydrogen-bond donors (Lipinski definition) is 0. The van der Waals surface area contributed by atoms with Crippen LogP contribution in [-0.2, 0) is 4.79 Å². The van der Waals surface area contributed by atoms with Crippen molar-refractivity contribution in [2.75, 3.05) is 25.9 Å². The Kier molecular flexibility index (Phi) is 4.67. The predicted octanol–water partition coefficient (Wildman–Crippen LogP) is 3.84. The molecule has 138 valence electrons. The highest BCUT2D eigenvalue weighted by Gasteiger charge is 2.34. The Bertz CT molecular complexity index is 973. The fourth-order valence-corrected chi connectivity index (χ4v) is 4.10. The van der Waals surface area contributed by atoms with Crippen LogP contribution < -0.4 is 23.8 Å². The Morgan fingerprint density at radius 1 is 1.11 bits per heavy atom. The molecule has 1 amide bonds. The molecule has 2 aliphatic rings. The average Bonchev–Trinajstić information content (AvgIpc) is 3.25. The van der Waals surface area contributed by atoms with Gasteiger partial charge in [-0.05, 0) is 36.4 Å². The molecule has 0 bridgehead atoms. The van der Waals surface area contributed by atoms with Gasteiger partial charge in [-0.15, -0.1) is 0 Å². The van der Waals surface area contributed by atoms with Gasteiger partial charge in [-0.3, -0.25) is 9.69 Å². The quantitative estimate of drug-likeness (QED) is 0.570. The van der Waals surface area contributed by atoms with Gasteiger partial charge in [-0.2, -0.15) is 0 Å². The van der Waals surface area contributed by atoms with Gasteiger partial charge in [0.25, 0.3) is 5.91 Å². The smallest absolute Gasteiger partial charge is 0.270 e. The van der Waals surface area contributed by atoms with Crippen molar-refractivity contribution in [1.29, 1.82) is 0 Å². The van der Waals surface area contributed by atoms with Crippen molar-refractivity contribution in [3.05, 3.63) is 46.9 Å². The molecule has 4 rings (SSSR count). The van der Waals surface area contributed by atoms with Crippen LogP contribution in [0.5, 0.6) is 23.0 Å². The Hall–Kier alpha value is -2.71. The number of fused-ring (bicyclic) bond motifs is 1. The standard InChI is InChI=1S/C19H15NO5S2/c1-22-13-4-6-14(23-2)11(7-13)8-17-18(21)20(19(26)27-17)12-3-5-15-16(9-12)25-10-24-15/h3-9H,10H2,1-2H3/b17-8+. The third-order valence-corrected chi connectivity index (χ3v) is 5.43. The molecule has 0 saturated carbocycles. The summed E-state index contributed by atoms with van der Waals surface area (Å²) in [6.07, 6.45) is 1.76. The van der Waals surface area contributed by atoms with E-state index in [1.807, 2.05) is 6.07 Å². The summed E-state index contributed by atoms with van der Waals surface area (Å²) in [5.41, 5.74) is 1.38. The molecular weight excluding hydrogens is 386 g/mol. The lowest BCUT2D eigenvalue weighted by atomic mass is 10.1. The van der Waals surface area contributed by atoms with Gasteiger partial charge in [0.15, 0.2) is 15.8 Å². The summed E-state index contributed by atoms with van der Waals surface area (Å²) in [5, 5.41) is 0. The normalized spacial score (nSPS) is 17.0. The third kappa shape index (κ3) is 3.22. The molecule has 1 fully saturated rings. The number of thioether (sulfide) groups is 1. The minimum absolute atomic E-state index is 0.173. The molecule has 0 N–H and O–H groups in total. The van der Waals surface area contributed by atoms with E-state index in [4.69, 9.17) is 31.2 Å². The van der Waals surface area contributed by atoms with Gasteiger partial charge in [0, 0.05) is 11.6 Å². The zero-order valence-electron chi connectivity index (χ0n) is 14.6. The number of carbonyl (C=O) groups is 1. The van der Waals surface area contributed by atoms with Gasteiger partial charge in [0.2, 0.25) is 6.79 Å². The number of methoxy groups -OCH3 is 2. The van der Waals surface area contributed by atoms with Crippen LogP contribution in [0.2, 0.25) is 0 Å². The highest BCUT2D eigenvalue weighted by atomic mass is 32.2. The molecule has 1 saturated heterocycles. The van der Waals surface area contributed by atoms with E-state index >= 15 is 0 Å². The van der Waals surface area contributed by atoms with Crippen LogP contribution in [0.1, 0.15) is 5.56 Å². The lowest BCUT2D eigenvalue weighted by Crippen LogP contribution is -2.27. The van der Waals surface area contributed by atoms with Gasteiger partial charge in [0.1, 0.15) is 11.5 Å². The second-order valence-corrected chi connectivity index (χ2v) is 7.34. The fraction of sp³-hybridized carbons (Fsp3) is 0.158. The molecule has 0 radical (unpaired) electrons. The largest absolute Gasteiger partial charge is 0.497 e. The summed E-state index contributed by atoms with van der Waals surface area (Å²) in [4.78, 5) is 15.0. The fourth-order valence-electron chi connectivity index (χ4n) is 2.81. The van der Waals surface area contributed by atoms with Crippen LogP contribution in [0.3, 0.4) is 0 Å². The molecule has 2 heterocycles. The van der Waals surface area contributed by atoms with E-state index in [1.54, 1.807) is 50.6 Å². The van der Waals surface area contributed by atoms with E-state index in [0.29, 0.717) is 37.9 Å². The second-order valence-electron chi connectivity index (χ2n) is 5.66. The van der Waals surface area contributed by atoms with E-state index in [2.05, 4.69) is 0 Å². The van der Waals surface area contributed by atoms with E-state index in [9.17, 15) is 4.79 Å². The van der Waals surface area contributed by atoms with Crippen LogP contribution in [0.25, 0.3) is 6.08 Å². The summed E-state index contributed by atoms with van der Waals surface area (Å²) in [7, 11) is 3.17. The van der Waals surface area contributed by atoms with Crippen LogP contribution >= 0.6 is 24.0 Å². The van der Waals surface area contributed by atoms with E-state index < -0.39 is 0 Å². The Balaban J connectivity index is 1.68. The minimum Gasteiger partial charge on any atom is -0.497 e. The van der Waals surface area contributed by atoms with Crippen LogP contribution in [0, 0.1) is 0 Å². The van der Waals surface area contributed by atoms with Crippen molar-refractivity contribution in [2.45, 2.75) is 0 Å². The predicted molar refractivity (Wildman–Crippen MR) is 108 cm³/mol. The average molecular weight is 401 g/mol. The number of ether oxygens (including phenoxy) is 4. The minimum atomic E-state index is -0.200. The molecule has 2 aromatic carbocycles. The zero-order valence-corrected chi connectivity index (χ0v) is 16.2. The van der Waals surface area contributed by atoms with Gasteiger partial charge in [-0.25, -0.2) is 0 Å². The van der Waals surface area contributed by atoms with E-state index in [1.165, 1.54) is 16.7 Å². The number of anilines is 1. The highest BCUT2D eigenvalue weighted by molar-refractivity contribution is 8.27.